The molecule has 0 atom stereocenters. The first-order valence-electron chi connectivity index (χ1n) is 11.3. The van der Waals surface area contributed by atoms with Crippen molar-refractivity contribution in [2.45, 2.75) is 13.2 Å². The lowest BCUT2D eigenvalue weighted by molar-refractivity contribution is -0.112. The fourth-order valence-electron chi connectivity index (χ4n) is 3.35. The van der Waals surface area contributed by atoms with Crippen molar-refractivity contribution in [2.75, 3.05) is 5.32 Å². The van der Waals surface area contributed by atoms with Crippen molar-refractivity contribution in [1.82, 2.24) is 0 Å². The summed E-state index contributed by atoms with van der Waals surface area (Å²) in [4.78, 5) is 12.7. The van der Waals surface area contributed by atoms with Crippen LogP contribution in [0.25, 0.3) is 6.08 Å². The zero-order chi connectivity index (χ0) is 25.2. The van der Waals surface area contributed by atoms with Gasteiger partial charge >= 0.3 is 0 Å². The lowest BCUT2D eigenvalue weighted by atomic mass is 10.1. The number of nitrogens with one attached hydrogen (secondary N) is 1. The largest absolute Gasteiger partial charge is 0.489 e. The molecule has 0 heterocycles. The monoisotopic (exact) mass is 494 g/mol. The Morgan fingerprint density at radius 1 is 0.833 bits per heavy atom. The van der Waals surface area contributed by atoms with Crippen molar-refractivity contribution >= 4 is 29.3 Å². The molecule has 0 aliphatic heterocycles. The molecule has 6 heteroatoms. The second-order valence-corrected chi connectivity index (χ2v) is 8.29. The van der Waals surface area contributed by atoms with E-state index in [2.05, 4.69) is 5.32 Å². The van der Waals surface area contributed by atoms with Gasteiger partial charge in [-0.3, -0.25) is 4.79 Å². The Hall–Kier alpha value is -4.53. The van der Waals surface area contributed by atoms with Crippen LogP contribution in [0.5, 0.6) is 11.5 Å². The Bertz CT molecular complexity index is 1380. The van der Waals surface area contributed by atoms with E-state index in [1.54, 1.807) is 42.5 Å². The van der Waals surface area contributed by atoms with Gasteiger partial charge in [-0.15, -0.1) is 0 Å². The summed E-state index contributed by atoms with van der Waals surface area (Å²) in [7, 11) is 0. The van der Waals surface area contributed by atoms with Crippen LogP contribution in [0.2, 0.25) is 5.02 Å². The normalized spacial score (nSPS) is 10.8. The minimum atomic E-state index is -0.518. The van der Waals surface area contributed by atoms with Crippen LogP contribution in [0.3, 0.4) is 0 Å². The van der Waals surface area contributed by atoms with Crippen molar-refractivity contribution in [3.8, 4) is 17.6 Å². The van der Waals surface area contributed by atoms with Gasteiger partial charge in [0.1, 0.15) is 36.4 Å². The molecule has 0 spiro atoms. The van der Waals surface area contributed by atoms with Crippen molar-refractivity contribution in [1.29, 1.82) is 5.26 Å². The molecule has 0 aromatic heterocycles. The minimum Gasteiger partial charge on any atom is -0.489 e. The van der Waals surface area contributed by atoms with Gasteiger partial charge in [0.15, 0.2) is 0 Å². The van der Waals surface area contributed by atoms with Gasteiger partial charge in [0.2, 0.25) is 0 Å². The molecule has 0 saturated heterocycles. The van der Waals surface area contributed by atoms with Crippen LogP contribution in [0.4, 0.5) is 5.69 Å². The number of hydrogen-bond acceptors (Lipinski definition) is 4. The third-order valence-corrected chi connectivity index (χ3v) is 5.53. The highest BCUT2D eigenvalue weighted by atomic mass is 35.5. The van der Waals surface area contributed by atoms with E-state index >= 15 is 0 Å². The summed E-state index contributed by atoms with van der Waals surface area (Å²) in [5, 5.41) is 12.7. The van der Waals surface area contributed by atoms with E-state index in [1.807, 2.05) is 66.7 Å². The molecule has 4 aromatic carbocycles. The van der Waals surface area contributed by atoms with Crippen molar-refractivity contribution in [2.24, 2.45) is 0 Å². The number of carbonyl (C=O) groups excluding carboxylic acids is 1. The number of ether oxygens (including phenoxy) is 2. The standard InChI is InChI=1S/C30H23ClN2O3/c31-28-18-24(11-16-29(28)36-21-23-9-5-2-6-10-23)17-25(19-32)30(34)33-26-12-14-27(15-13-26)35-20-22-7-3-1-4-8-22/h1-18H,20-21H2,(H,33,34)/b25-17+. The fourth-order valence-corrected chi connectivity index (χ4v) is 3.59. The molecular weight excluding hydrogens is 472 g/mol. The first-order chi connectivity index (χ1) is 17.6. The molecule has 0 bridgehead atoms. The predicted octanol–water partition coefficient (Wildman–Crippen LogP) is 7.04. The topological polar surface area (TPSA) is 71.3 Å². The number of nitriles is 1. The summed E-state index contributed by atoms with van der Waals surface area (Å²) in [6.45, 7) is 0.837. The fraction of sp³-hybridized carbons (Fsp3) is 0.0667. The Balaban J connectivity index is 1.35. The van der Waals surface area contributed by atoms with Gasteiger partial charge in [-0.2, -0.15) is 5.26 Å². The van der Waals surface area contributed by atoms with Gasteiger partial charge in [0, 0.05) is 5.69 Å². The van der Waals surface area contributed by atoms with E-state index in [0.717, 1.165) is 11.1 Å². The number of amides is 1. The summed E-state index contributed by atoms with van der Waals surface area (Å²) in [5.41, 5.74) is 3.21. The van der Waals surface area contributed by atoms with E-state index in [0.29, 0.717) is 41.0 Å². The molecule has 1 amide bonds. The van der Waals surface area contributed by atoms with Crippen LogP contribution in [0.1, 0.15) is 16.7 Å². The number of hydrogen-bond donors (Lipinski definition) is 1. The number of carbonyl (C=O) groups is 1. The highest BCUT2D eigenvalue weighted by Crippen LogP contribution is 2.27. The Morgan fingerprint density at radius 3 is 2.03 bits per heavy atom. The van der Waals surface area contributed by atoms with E-state index in [-0.39, 0.29) is 5.57 Å². The maximum atomic E-state index is 12.7. The van der Waals surface area contributed by atoms with Gasteiger partial charge in [0.25, 0.3) is 5.91 Å². The van der Waals surface area contributed by atoms with E-state index < -0.39 is 5.91 Å². The van der Waals surface area contributed by atoms with E-state index in [9.17, 15) is 10.1 Å². The van der Waals surface area contributed by atoms with Gasteiger partial charge in [-0.25, -0.2) is 0 Å². The smallest absolute Gasteiger partial charge is 0.266 e. The molecule has 0 unspecified atom stereocenters. The zero-order valence-electron chi connectivity index (χ0n) is 19.4. The third-order valence-electron chi connectivity index (χ3n) is 5.23. The lowest BCUT2D eigenvalue weighted by Crippen LogP contribution is -2.13. The Labute approximate surface area is 215 Å². The van der Waals surface area contributed by atoms with E-state index in [1.165, 1.54) is 6.08 Å². The number of rotatable bonds is 9. The quantitative estimate of drug-likeness (QED) is 0.200. The molecule has 5 nitrogen and oxygen atoms in total. The first-order valence-corrected chi connectivity index (χ1v) is 11.6. The maximum Gasteiger partial charge on any atom is 0.266 e. The number of nitrogens with zero attached hydrogens (tertiary/aromatic N) is 1. The van der Waals surface area contributed by atoms with Crippen LogP contribution in [-0.4, -0.2) is 5.91 Å². The van der Waals surface area contributed by atoms with Crippen LogP contribution >= 0.6 is 11.6 Å². The maximum absolute atomic E-state index is 12.7. The van der Waals surface area contributed by atoms with Crippen molar-refractivity contribution in [3.05, 3.63) is 130 Å². The molecule has 4 rings (SSSR count). The minimum absolute atomic E-state index is 0.0478. The molecule has 0 aliphatic rings. The van der Waals surface area contributed by atoms with Gasteiger partial charge in [-0.1, -0.05) is 78.3 Å². The molecule has 0 aliphatic carbocycles. The highest BCUT2D eigenvalue weighted by Gasteiger charge is 2.11. The number of benzene rings is 4. The number of halogens is 1. The van der Waals surface area contributed by atoms with Crippen molar-refractivity contribution in [3.63, 3.8) is 0 Å². The summed E-state index contributed by atoms with van der Waals surface area (Å²) < 4.78 is 11.5. The molecule has 0 radical (unpaired) electrons. The average Bonchev–Trinajstić information content (AvgIpc) is 2.92. The predicted molar refractivity (Wildman–Crippen MR) is 142 cm³/mol. The molecule has 4 aromatic rings. The van der Waals surface area contributed by atoms with Gasteiger partial charge in [0.05, 0.1) is 5.02 Å². The van der Waals surface area contributed by atoms with Crippen LogP contribution in [0, 0.1) is 11.3 Å². The van der Waals surface area contributed by atoms with Crippen LogP contribution in [-0.2, 0) is 18.0 Å². The summed E-state index contributed by atoms with van der Waals surface area (Å²) in [6.07, 6.45) is 1.49. The van der Waals surface area contributed by atoms with Crippen LogP contribution in [0.15, 0.2) is 109 Å². The first kappa shape index (κ1) is 24.6. The SMILES string of the molecule is N#C/C(=C\c1ccc(OCc2ccccc2)c(Cl)c1)C(=O)Nc1ccc(OCc2ccccc2)cc1. The molecule has 0 fully saturated rings. The van der Waals surface area contributed by atoms with Gasteiger partial charge < -0.3 is 14.8 Å². The average molecular weight is 495 g/mol. The van der Waals surface area contributed by atoms with Crippen molar-refractivity contribution < 1.29 is 14.3 Å². The third kappa shape index (κ3) is 6.99. The lowest BCUT2D eigenvalue weighted by Gasteiger charge is -2.09. The second kappa shape index (κ2) is 12.3. The summed E-state index contributed by atoms with van der Waals surface area (Å²) >= 11 is 6.36. The van der Waals surface area contributed by atoms with Gasteiger partial charge in [-0.05, 0) is 59.2 Å². The summed E-state index contributed by atoms with van der Waals surface area (Å²) in [5.74, 6) is 0.684. The zero-order valence-corrected chi connectivity index (χ0v) is 20.1. The second-order valence-electron chi connectivity index (χ2n) is 7.89. The van der Waals surface area contributed by atoms with Crippen LogP contribution < -0.4 is 14.8 Å². The molecule has 36 heavy (non-hydrogen) atoms. The van der Waals surface area contributed by atoms with E-state index in [4.69, 9.17) is 21.1 Å². The number of anilines is 1. The molecule has 1 N–H and O–H groups in total. The summed E-state index contributed by atoms with van der Waals surface area (Å²) in [6, 6.07) is 33.7. The Morgan fingerprint density at radius 2 is 1.44 bits per heavy atom. The highest BCUT2D eigenvalue weighted by molar-refractivity contribution is 6.32. The molecule has 0 saturated carbocycles. The Kier molecular flexibility index (Phi) is 8.37. The molecular formula is C30H23ClN2O3. The molecule has 178 valence electrons.